The van der Waals surface area contributed by atoms with Crippen LogP contribution in [0.5, 0.6) is 0 Å². The first-order valence-corrected chi connectivity index (χ1v) is 7.93. The second kappa shape index (κ2) is 7.80. The van der Waals surface area contributed by atoms with E-state index in [0.29, 0.717) is 11.3 Å². The summed E-state index contributed by atoms with van der Waals surface area (Å²) in [4.78, 5) is 12.7. The molecule has 0 aliphatic heterocycles. The van der Waals surface area contributed by atoms with Gasteiger partial charge in [-0.1, -0.05) is 19.1 Å². The van der Waals surface area contributed by atoms with E-state index in [2.05, 4.69) is 5.32 Å². The van der Waals surface area contributed by atoms with Gasteiger partial charge >= 0.3 is 5.97 Å². The fraction of sp³-hybridized carbons (Fsp3) is 0.562. The molecule has 3 nitrogen and oxygen atoms in total. The standard InChI is InChI=1S/C16H24FNO2S/c1-11(2)18-16(4,15(19)20-5)10-12(3)21-14-9-7-6-8-13(14)17/h6-9,11-12,18H,10H2,1-5H3. The highest BCUT2D eigenvalue weighted by molar-refractivity contribution is 8.00. The van der Waals surface area contributed by atoms with E-state index in [0.717, 1.165) is 0 Å². The first-order chi connectivity index (χ1) is 9.78. The van der Waals surface area contributed by atoms with E-state index in [1.54, 1.807) is 12.1 Å². The van der Waals surface area contributed by atoms with Crippen molar-refractivity contribution < 1.29 is 13.9 Å². The summed E-state index contributed by atoms with van der Waals surface area (Å²) in [6.07, 6.45) is 0.552. The molecule has 0 saturated carbocycles. The van der Waals surface area contributed by atoms with E-state index in [-0.39, 0.29) is 23.1 Å². The Bertz CT molecular complexity index is 481. The van der Waals surface area contributed by atoms with Gasteiger partial charge in [0.2, 0.25) is 0 Å². The van der Waals surface area contributed by atoms with Crippen molar-refractivity contribution in [1.82, 2.24) is 5.32 Å². The molecular weight excluding hydrogens is 289 g/mol. The Morgan fingerprint density at radius 2 is 2.00 bits per heavy atom. The molecule has 0 bridgehead atoms. The van der Waals surface area contributed by atoms with Crippen LogP contribution >= 0.6 is 11.8 Å². The lowest BCUT2D eigenvalue weighted by Gasteiger charge is -2.32. The molecule has 1 aromatic carbocycles. The van der Waals surface area contributed by atoms with Gasteiger partial charge in [0.1, 0.15) is 11.4 Å². The minimum absolute atomic E-state index is 0.0669. The summed E-state index contributed by atoms with van der Waals surface area (Å²) in [7, 11) is 1.39. The van der Waals surface area contributed by atoms with Crippen molar-refractivity contribution in [3.8, 4) is 0 Å². The van der Waals surface area contributed by atoms with Crippen molar-refractivity contribution >= 4 is 17.7 Å². The van der Waals surface area contributed by atoms with Gasteiger partial charge < -0.3 is 4.74 Å². The molecule has 1 rings (SSSR count). The fourth-order valence-corrected chi connectivity index (χ4v) is 3.63. The average molecular weight is 313 g/mol. The Labute approximate surface area is 130 Å². The molecule has 0 amide bonds. The topological polar surface area (TPSA) is 38.3 Å². The first kappa shape index (κ1) is 18.0. The summed E-state index contributed by atoms with van der Waals surface area (Å²) in [6.45, 7) is 7.78. The van der Waals surface area contributed by atoms with E-state index in [1.165, 1.54) is 24.9 Å². The van der Waals surface area contributed by atoms with Gasteiger partial charge in [0.05, 0.1) is 7.11 Å². The van der Waals surface area contributed by atoms with Gasteiger partial charge in [-0.3, -0.25) is 10.1 Å². The summed E-state index contributed by atoms with van der Waals surface area (Å²) < 4.78 is 18.6. The molecule has 118 valence electrons. The molecule has 2 unspecified atom stereocenters. The molecular formula is C16H24FNO2S. The molecule has 1 N–H and O–H groups in total. The van der Waals surface area contributed by atoms with Crippen molar-refractivity contribution in [3.63, 3.8) is 0 Å². The third-order valence-corrected chi connectivity index (χ3v) is 4.26. The third-order valence-electron chi connectivity index (χ3n) is 3.10. The molecule has 0 saturated heterocycles. The van der Waals surface area contributed by atoms with E-state index in [9.17, 15) is 9.18 Å². The number of thioether (sulfide) groups is 1. The molecule has 0 aliphatic carbocycles. The number of rotatable bonds is 7. The minimum atomic E-state index is -0.777. The smallest absolute Gasteiger partial charge is 0.325 e. The van der Waals surface area contributed by atoms with Crippen LogP contribution in [0.15, 0.2) is 29.2 Å². The van der Waals surface area contributed by atoms with Crippen LogP contribution in [0.1, 0.15) is 34.1 Å². The largest absolute Gasteiger partial charge is 0.468 e. The normalized spacial score (nSPS) is 15.6. The molecule has 2 atom stereocenters. The molecule has 0 radical (unpaired) electrons. The van der Waals surface area contributed by atoms with Crippen molar-refractivity contribution in [2.24, 2.45) is 0 Å². The Kier molecular flexibility index (Phi) is 6.68. The highest BCUT2D eigenvalue weighted by atomic mass is 32.2. The van der Waals surface area contributed by atoms with Crippen LogP contribution < -0.4 is 5.32 Å². The fourth-order valence-electron chi connectivity index (χ4n) is 2.44. The molecule has 5 heteroatoms. The highest BCUT2D eigenvalue weighted by Gasteiger charge is 2.36. The minimum Gasteiger partial charge on any atom is -0.468 e. The zero-order chi connectivity index (χ0) is 16.0. The summed E-state index contributed by atoms with van der Waals surface area (Å²) in [5.74, 6) is -0.525. The van der Waals surface area contributed by atoms with Gasteiger partial charge in [-0.05, 0) is 39.3 Å². The molecule has 21 heavy (non-hydrogen) atoms. The molecule has 1 aromatic rings. The summed E-state index contributed by atoms with van der Waals surface area (Å²) in [5.41, 5.74) is -0.777. The zero-order valence-corrected chi connectivity index (χ0v) is 14.1. The van der Waals surface area contributed by atoms with Gasteiger partial charge in [0, 0.05) is 16.2 Å². The number of nitrogens with one attached hydrogen (secondary N) is 1. The maximum Gasteiger partial charge on any atom is 0.325 e. The number of benzene rings is 1. The van der Waals surface area contributed by atoms with E-state index in [4.69, 9.17) is 4.74 Å². The van der Waals surface area contributed by atoms with Crippen molar-refractivity contribution in [3.05, 3.63) is 30.1 Å². The molecule has 0 heterocycles. The number of hydrogen-bond donors (Lipinski definition) is 1. The van der Waals surface area contributed by atoms with Crippen LogP contribution in [-0.2, 0) is 9.53 Å². The van der Waals surface area contributed by atoms with Gasteiger partial charge in [-0.25, -0.2) is 4.39 Å². The quantitative estimate of drug-likeness (QED) is 0.616. The van der Waals surface area contributed by atoms with Crippen LogP contribution in [0.4, 0.5) is 4.39 Å². The number of carbonyl (C=O) groups is 1. The van der Waals surface area contributed by atoms with Gasteiger partial charge in [0.15, 0.2) is 0 Å². The molecule has 0 fully saturated rings. The monoisotopic (exact) mass is 313 g/mol. The van der Waals surface area contributed by atoms with E-state index >= 15 is 0 Å². The second-order valence-electron chi connectivity index (χ2n) is 5.69. The summed E-state index contributed by atoms with van der Waals surface area (Å²) >= 11 is 1.43. The number of carbonyl (C=O) groups excluding carboxylic acids is 1. The zero-order valence-electron chi connectivity index (χ0n) is 13.3. The third kappa shape index (κ3) is 5.32. The SMILES string of the molecule is COC(=O)C(C)(CC(C)Sc1ccccc1F)NC(C)C. The predicted octanol–water partition coefficient (Wildman–Crippen LogP) is 3.63. The number of halogens is 1. The average Bonchev–Trinajstić information content (AvgIpc) is 2.39. The van der Waals surface area contributed by atoms with Crippen molar-refractivity contribution in [2.45, 2.75) is 55.8 Å². The number of ether oxygens (including phenoxy) is 1. The number of hydrogen-bond acceptors (Lipinski definition) is 4. The van der Waals surface area contributed by atoms with Gasteiger partial charge in [-0.15, -0.1) is 11.8 Å². The van der Waals surface area contributed by atoms with Gasteiger partial charge in [0.25, 0.3) is 0 Å². The number of methoxy groups -OCH3 is 1. The lowest BCUT2D eigenvalue weighted by atomic mass is 9.95. The predicted molar refractivity (Wildman–Crippen MR) is 85.0 cm³/mol. The Morgan fingerprint density at radius 3 is 2.52 bits per heavy atom. The van der Waals surface area contributed by atoms with E-state index in [1.807, 2.05) is 33.8 Å². The van der Waals surface area contributed by atoms with Crippen molar-refractivity contribution in [1.29, 1.82) is 0 Å². The highest BCUT2D eigenvalue weighted by Crippen LogP contribution is 2.31. The first-order valence-electron chi connectivity index (χ1n) is 7.06. The Morgan fingerprint density at radius 1 is 1.38 bits per heavy atom. The maximum absolute atomic E-state index is 13.7. The Balaban J connectivity index is 2.79. The van der Waals surface area contributed by atoms with Crippen LogP contribution in [0, 0.1) is 5.82 Å². The summed E-state index contributed by atoms with van der Waals surface area (Å²) in [5, 5.41) is 3.32. The lowest BCUT2D eigenvalue weighted by Crippen LogP contribution is -2.54. The van der Waals surface area contributed by atoms with Crippen molar-refractivity contribution in [2.75, 3.05) is 7.11 Å². The molecule has 0 aliphatic rings. The molecule has 0 spiro atoms. The van der Waals surface area contributed by atoms with Gasteiger partial charge in [-0.2, -0.15) is 0 Å². The number of esters is 1. The van der Waals surface area contributed by atoms with Crippen LogP contribution in [-0.4, -0.2) is 29.9 Å². The second-order valence-corrected chi connectivity index (χ2v) is 7.17. The van der Waals surface area contributed by atoms with E-state index < -0.39 is 5.54 Å². The Hall–Kier alpha value is -1.07. The lowest BCUT2D eigenvalue weighted by molar-refractivity contribution is -0.148. The maximum atomic E-state index is 13.7. The molecule has 0 aromatic heterocycles. The van der Waals surface area contributed by atoms with Crippen LogP contribution in [0.3, 0.4) is 0 Å². The van der Waals surface area contributed by atoms with Crippen LogP contribution in [0.25, 0.3) is 0 Å². The van der Waals surface area contributed by atoms with Crippen LogP contribution in [0.2, 0.25) is 0 Å². The summed E-state index contributed by atoms with van der Waals surface area (Å²) in [6, 6.07) is 6.83.